The van der Waals surface area contributed by atoms with Gasteiger partial charge in [-0.3, -0.25) is 4.79 Å². The summed E-state index contributed by atoms with van der Waals surface area (Å²) in [6, 6.07) is 15.1. The van der Waals surface area contributed by atoms with Crippen molar-refractivity contribution in [2.75, 3.05) is 0 Å². The van der Waals surface area contributed by atoms with E-state index in [2.05, 4.69) is 30.2 Å². The van der Waals surface area contributed by atoms with E-state index in [0.717, 1.165) is 17.3 Å². The molecule has 44 heavy (non-hydrogen) atoms. The Labute approximate surface area is 250 Å². The van der Waals surface area contributed by atoms with Gasteiger partial charge in [0, 0.05) is 28.4 Å². The largest absolute Gasteiger partial charge is 0.491 e. The maximum Gasteiger partial charge on any atom is 0.491 e. The van der Waals surface area contributed by atoms with E-state index in [1.807, 2.05) is 6.07 Å². The number of H-pyrrole nitrogens is 1. The molecule has 0 unspecified atom stereocenters. The average Bonchev–Trinajstić information content (AvgIpc) is 3.77. The first kappa shape index (κ1) is 28.7. The van der Waals surface area contributed by atoms with Gasteiger partial charge in [0.15, 0.2) is 0 Å². The highest BCUT2D eigenvalue weighted by Gasteiger charge is 2.42. The normalized spacial score (nSPS) is 14.6. The van der Waals surface area contributed by atoms with Crippen molar-refractivity contribution in [1.29, 1.82) is 0 Å². The number of ether oxygens (including phenoxy) is 1. The zero-order valence-electron chi connectivity index (χ0n) is 22.3. The summed E-state index contributed by atoms with van der Waals surface area (Å²) in [5.41, 5.74) is 4.61. The standard InChI is InChI=1S/C29H19ClF3N7O4/c30-19-6-8-23(39-15-35-37-38-39)21(13-19)18-11-20-7-9-24(40(20)25(41)12-18)27-34-14-22(36-27)17-4-1-16(2-5-17)3-10-26(42)44-28(43)29(31,32)33/h1-6,8,10-15,24H,7,9H2,(H,34,36)/b10-3+/t24-/m0/s1. The second-order valence-electron chi connectivity index (χ2n) is 9.76. The molecular formula is C29H19ClF3N7O4. The van der Waals surface area contributed by atoms with Crippen molar-refractivity contribution in [2.45, 2.75) is 25.1 Å². The molecule has 11 nitrogen and oxygen atoms in total. The number of benzene rings is 2. The number of aromatic nitrogens is 7. The van der Waals surface area contributed by atoms with Gasteiger partial charge in [-0.15, -0.1) is 5.10 Å². The molecule has 3 aromatic heterocycles. The fourth-order valence-corrected chi connectivity index (χ4v) is 5.17. The molecule has 0 fully saturated rings. The summed E-state index contributed by atoms with van der Waals surface area (Å²) >= 11 is 6.28. The lowest BCUT2D eigenvalue weighted by molar-refractivity contribution is -0.200. The van der Waals surface area contributed by atoms with Crippen LogP contribution in [0.25, 0.3) is 34.1 Å². The van der Waals surface area contributed by atoms with E-state index in [1.54, 1.807) is 59.3 Å². The van der Waals surface area contributed by atoms with Gasteiger partial charge in [0.2, 0.25) is 0 Å². The molecule has 0 saturated carbocycles. The lowest BCUT2D eigenvalue weighted by Gasteiger charge is -2.15. The number of alkyl halides is 3. The van der Waals surface area contributed by atoms with Crippen LogP contribution in [0.4, 0.5) is 13.2 Å². The minimum atomic E-state index is -5.26. The van der Waals surface area contributed by atoms with Crippen LogP contribution in [0.15, 0.2) is 78.0 Å². The Balaban J connectivity index is 1.20. The smallest absolute Gasteiger partial charge is 0.383 e. The number of hydrogen-bond donors (Lipinski definition) is 1. The predicted octanol–water partition coefficient (Wildman–Crippen LogP) is 4.72. The maximum atomic E-state index is 13.4. The molecule has 0 aliphatic carbocycles. The number of imidazole rings is 1. The number of aromatic amines is 1. The molecule has 0 bridgehead atoms. The first-order valence-electron chi connectivity index (χ1n) is 13.0. The fraction of sp³-hybridized carbons (Fsp3) is 0.138. The van der Waals surface area contributed by atoms with Gasteiger partial charge in [0.1, 0.15) is 12.2 Å². The molecule has 0 saturated heterocycles. The third-order valence-corrected chi connectivity index (χ3v) is 7.20. The van der Waals surface area contributed by atoms with Crippen LogP contribution in [0, 0.1) is 0 Å². The van der Waals surface area contributed by atoms with Gasteiger partial charge in [-0.05, 0) is 70.3 Å². The Morgan fingerprint density at radius 3 is 2.59 bits per heavy atom. The Morgan fingerprint density at radius 2 is 1.86 bits per heavy atom. The zero-order chi connectivity index (χ0) is 31.0. The van der Waals surface area contributed by atoms with Crippen LogP contribution >= 0.6 is 11.6 Å². The minimum Gasteiger partial charge on any atom is -0.383 e. The Morgan fingerprint density at radius 1 is 1.07 bits per heavy atom. The Bertz CT molecular complexity index is 1970. The van der Waals surface area contributed by atoms with Gasteiger partial charge in [-0.25, -0.2) is 14.6 Å². The van der Waals surface area contributed by atoms with E-state index >= 15 is 0 Å². The van der Waals surface area contributed by atoms with Crippen LogP contribution in [0.1, 0.15) is 29.5 Å². The van der Waals surface area contributed by atoms with E-state index in [4.69, 9.17) is 11.6 Å². The minimum absolute atomic E-state index is 0.202. The van der Waals surface area contributed by atoms with Gasteiger partial charge in [0.25, 0.3) is 5.56 Å². The summed E-state index contributed by atoms with van der Waals surface area (Å²) in [5.74, 6) is -3.41. The zero-order valence-corrected chi connectivity index (χ0v) is 23.1. The van der Waals surface area contributed by atoms with Gasteiger partial charge >= 0.3 is 18.1 Å². The second-order valence-corrected chi connectivity index (χ2v) is 10.2. The van der Waals surface area contributed by atoms with E-state index in [1.165, 1.54) is 17.1 Å². The highest BCUT2D eigenvalue weighted by molar-refractivity contribution is 6.31. The number of carbonyl (C=O) groups excluding carboxylic acids is 2. The van der Waals surface area contributed by atoms with Gasteiger partial charge in [-0.2, -0.15) is 17.9 Å². The van der Waals surface area contributed by atoms with E-state index < -0.39 is 18.1 Å². The number of rotatable bonds is 6. The molecule has 1 N–H and O–H groups in total. The number of tetrazole rings is 1. The second kappa shape index (κ2) is 11.4. The average molecular weight is 622 g/mol. The first-order valence-corrected chi connectivity index (χ1v) is 13.4. The van der Waals surface area contributed by atoms with Crippen LogP contribution in [0.2, 0.25) is 5.02 Å². The molecule has 0 amide bonds. The number of fused-ring (bicyclic) bond motifs is 1. The van der Waals surface area contributed by atoms with Crippen LogP contribution in [-0.2, 0) is 20.7 Å². The van der Waals surface area contributed by atoms with E-state index in [9.17, 15) is 27.6 Å². The van der Waals surface area contributed by atoms with Crippen molar-refractivity contribution in [3.8, 4) is 28.1 Å². The van der Waals surface area contributed by atoms with Crippen molar-refractivity contribution in [3.05, 3.63) is 106 Å². The molecule has 4 heterocycles. The van der Waals surface area contributed by atoms with Gasteiger partial charge in [-0.1, -0.05) is 35.9 Å². The predicted molar refractivity (Wildman–Crippen MR) is 151 cm³/mol. The first-order chi connectivity index (χ1) is 21.1. The van der Waals surface area contributed by atoms with Gasteiger partial charge in [0.05, 0.1) is 23.6 Å². The third kappa shape index (κ3) is 5.79. The summed E-state index contributed by atoms with van der Waals surface area (Å²) in [7, 11) is 0. The van der Waals surface area contributed by atoms with Crippen molar-refractivity contribution in [1.82, 2.24) is 34.7 Å². The number of hydrogen-bond acceptors (Lipinski definition) is 8. The number of carbonyl (C=O) groups is 2. The molecule has 2 aromatic carbocycles. The number of pyridine rings is 1. The van der Waals surface area contributed by atoms with Crippen LogP contribution < -0.4 is 5.56 Å². The number of nitrogens with one attached hydrogen (secondary N) is 1. The van der Waals surface area contributed by atoms with Crippen molar-refractivity contribution >= 4 is 29.6 Å². The molecule has 6 rings (SSSR count). The molecule has 222 valence electrons. The van der Waals surface area contributed by atoms with Crippen molar-refractivity contribution in [3.63, 3.8) is 0 Å². The highest BCUT2D eigenvalue weighted by atomic mass is 35.5. The molecule has 5 aromatic rings. The van der Waals surface area contributed by atoms with Gasteiger partial charge < -0.3 is 14.3 Å². The Kier molecular flexibility index (Phi) is 7.43. The lowest BCUT2D eigenvalue weighted by atomic mass is 10.0. The number of aryl methyl sites for hydroxylation is 1. The molecule has 1 aliphatic rings. The number of halogens is 4. The van der Waals surface area contributed by atoms with Crippen molar-refractivity contribution < 1.29 is 27.5 Å². The molecular weight excluding hydrogens is 603 g/mol. The molecule has 15 heteroatoms. The third-order valence-electron chi connectivity index (χ3n) is 6.97. The molecule has 1 aliphatic heterocycles. The summed E-state index contributed by atoms with van der Waals surface area (Å²) in [6.07, 6.45) is 1.09. The monoisotopic (exact) mass is 621 g/mol. The van der Waals surface area contributed by atoms with Crippen LogP contribution in [0.5, 0.6) is 0 Å². The Hall–Kier alpha value is -5.37. The number of nitrogens with zero attached hydrogens (tertiary/aromatic N) is 6. The van der Waals surface area contributed by atoms with E-state index in [-0.39, 0.29) is 11.6 Å². The summed E-state index contributed by atoms with van der Waals surface area (Å²) in [4.78, 5) is 43.5. The summed E-state index contributed by atoms with van der Waals surface area (Å²) in [6.45, 7) is 0. The SMILES string of the molecule is O=C(/C=C/c1ccc(-c2cnc([C@@H]3CCc4cc(-c5cc(Cl)ccc5-n5cnnn5)cc(=O)n43)[nH]2)cc1)OC(=O)C(F)(F)F. The molecule has 0 spiro atoms. The van der Waals surface area contributed by atoms with Crippen LogP contribution in [-0.4, -0.2) is 52.9 Å². The summed E-state index contributed by atoms with van der Waals surface area (Å²) in [5, 5.41) is 11.9. The topological polar surface area (TPSA) is 138 Å². The summed E-state index contributed by atoms with van der Waals surface area (Å²) < 4.78 is 43.6. The maximum absolute atomic E-state index is 13.4. The van der Waals surface area contributed by atoms with Crippen LogP contribution in [0.3, 0.4) is 0 Å². The highest BCUT2D eigenvalue weighted by Crippen LogP contribution is 2.34. The quantitative estimate of drug-likeness (QED) is 0.163. The molecule has 1 atom stereocenters. The lowest BCUT2D eigenvalue weighted by Crippen LogP contribution is -2.27. The van der Waals surface area contributed by atoms with E-state index in [0.29, 0.717) is 51.8 Å². The molecule has 0 radical (unpaired) electrons. The number of esters is 2. The fourth-order valence-electron chi connectivity index (χ4n) is 4.99. The van der Waals surface area contributed by atoms with Crippen molar-refractivity contribution in [2.24, 2.45) is 0 Å².